The number of carbonyl (C=O) groups excluding carboxylic acids is 1. The molecule has 1 aliphatic heterocycles. The lowest BCUT2D eigenvalue weighted by atomic mass is 9.96. The minimum atomic E-state index is -0.445. The van der Waals surface area contributed by atoms with Crippen molar-refractivity contribution < 1.29 is 4.79 Å². The first kappa shape index (κ1) is 12.4. The maximum atomic E-state index is 10.9. The van der Waals surface area contributed by atoms with Gasteiger partial charge in [-0.1, -0.05) is 18.7 Å². The van der Waals surface area contributed by atoms with Crippen molar-refractivity contribution in [3.05, 3.63) is 0 Å². The second-order valence-corrected chi connectivity index (χ2v) is 5.23. The van der Waals surface area contributed by atoms with Gasteiger partial charge in [0.05, 0.1) is 0 Å². The molecule has 0 aromatic rings. The highest BCUT2D eigenvalue weighted by Crippen LogP contribution is 2.25. The number of amides is 1. The van der Waals surface area contributed by atoms with Gasteiger partial charge in [0.1, 0.15) is 6.04 Å². The topological polar surface area (TPSA) is 67.5 Å². The number of primary amides is 1. The van der Waals surface area contributed by atoms with Gasteiger partial charge in [-0.25, -0.2) is 4.99 Å². The summed E-state index contributed by atoms with van der Waals surface area (Å²) >= 11 is 1.66. The lowest BCUT2D eigenvalue weighted by Gasteiger charge is -2.35. The van der Waals surface area contributed by atoms with Gasteiger partial charge in [0, 0.05) is 11.3 Å². The number of aliphatic imine (C=N–C) groups is 1. The average Bonchev–Trinajstić information content (AvgIpc) is 2.18. The number of carbonyl (C=O) groups is 1. The second kappa shape index (κ2) is 4.88. The van der Waals surface area contributed by atoms with Gasteiger partial charge in [-0.05, 0) is 26.7 Å². The van der Waals surface area contributed by atoms with Crippen LogP contribution in [0.25, 0.3) is 0 Å². The third-order valence-electron chi connectivity index (χ3n) is 2.80. The van der Waals surface area contributed by atoms with Crippen molar-refractivity contribution in [2.45, 2.75) is 45.2 Å². The standard InChI is InChI=1S/C10H19N3OS/c1-4-10(3)5-6-15-9(13-10)12-7(2)8(11)14/h7H,4-6H2,1-3H3,(H2,11,14)(H,12,13). The molecular weight excluding hydrogens is 210 g/mol. The predicted octanol–water partition coefficient (Wildman–Crippen LogP) is 1.11. The summed E-state index contributed by atoms with van der Waals surface area (Å²) < 4.78 is 0. The van der Waals surface area contributed by atoms with Gasteiger partial charge >= 0.3 is 0 Å². The number of thioether (sulfide) groups is 1. The van der Waals surface area contributed by atoms with E-state index in [1.807, 2.05) is 0 Å². The fraction of sp³-hybridized carbons (Fsp3) is 0.800. The van der Waals surface area contributed by atoms with Crippen molar-refractivity contribution in [2.75, 3.05) is 5.75 Å². The predicted molar refractivity (Wildman–Crippen MR) is 65.0 cm³/mol. The Labute approximate surface area is 95.1 Å². The molecule has 2 unspecified atom stereocenters. The highest BCUT2D eigenvalue weighted by Gasteiger charge is 2.27. The van der Waals surface area contributed by atoms with Crippen molar-refractivity contribution in [2.24, 2.45) is 10.7 Å². The molecule has 1 amide bonds. The quantitative estimate of drug-likeness (QED) is 0.762. The summed E-state index contributed by atoms with van der Waals surface area (Å²) in [7, 11) is 0. The molecule has 0 saturated carbocycles. The molecule has 86 valence electrons. The molecule has 1 saturated heterocycles. The molecule has 3 N–H and O–H groups in total. The van der Waals surface area contributed by atoms with Gasteiger partial charge in [-0.3, -0.25) is 4.79 Å². The van der Waals surface area contributed by atoms with Crippen molar-refractivity contribution in [3.8, 4) is 0 Å². The Morgan fingerprint density at radius 3 is 3.00 bits per heavy atom. The zero-order valence-corrected chi connectivity index (χ0v) is 10.4. The van der Waals surface area contributed by atoms with Crippen LogP contribution in [0, 0.1) is 0 Å². The van der Waals surface area contributed by atoms with E-state index in [1.54, 1.807) is 18.7 Å². The first-order chi connectivity index (χ1) is 6.97. The third-order valence-corrected chi connectivity index (χ3v) is 3.69. The minimum Gasteiger partial charge on any atom is -0.368 e. The fourth-order valence-corrected chi connectivity index (χ4v) is 2.60. The van der Waals surface area contributed by atoms with Gasteiger partial charge in [0.25, 0.3) is 0 Å². The largest absolute Gasteiger partial charge is 0.368 e. The van der Waals surface area contributed by atoms with E-state index in [9.17, 15) is 4.79 Å². The summed E-state index contributed by atoms with van der Waals surface area (Å²) in [5.74, 6) is 0.662. The molecule has 1 rings (SSSR count). The first-order valence-electron chi connectivity index (χ1n) is 5.25. The van der Waals surface area contributed by atoms with Crippen molar-refractivity contribution in [1.29, 1.82) is 0 Å². The van der Waals surface area contributed by atoms with E-state index < -0.39 is 6.04 Å². The molecule has 0 spiro atoms. The Hall–Kier alpha value is -0.710. The molecule has 0 aromatic heterocycles. The maximum absolute atomic E-state index is 10.9. The lowest BCUT2D eigenvalue weighted by Crippen LogP contribution is -2.48. The Kier molecular flexibility index (Phi) is 4.02. The first-order valence-corrected chi connectivity index (χ1v) is 6.23. The van der Waals surface area contributed by atoms with Crippen LogP contribution in [-0.2, 0) is 4.79 Å². The molecule has 0 aliphatic carbocycles. The summed E-state index contributed by atoms with van der Waals surface area (Å²) in [6.07, 6.45) is 2.18. The smallest absolute Gasteiger partial charge is 0.242 e. The third kappa shape index (κ3) is 3.41. The SMILES string of the molecule is CCC1(C)CCSC(=NC(C)C(N)=O)N1. The van der Waals surface area contributed by atoms with Gasteiger partial charge < -0.3 is 11.1 Å². The Balaban J connectivity index is 2.67. The molecule has 0 bridgehead atoms. The summed E-state index contributed by atoms with van der Waals surface area (Å²) in [5.41, 5.74) is 5.28. The Bertz CT molecular complexity index is 280. The Morgan fingerprint density at radius 1 is 1.80 bits per heavy atom. The van der Waals surface area contributed by atoms with E-state index in [1.165, 1.54) is 0 Å². The van der Waals surface area contributed by atoms with E-state index in [4.69, 9.17) is 5.73 Å². The van der Waals surface area contributed by atoms with Crippen LogP contribution in [0.3, 0.4) is 0 Å². The van der Waals surface area contributed by atoms with Crippen LogP contribution in [0.15, 0.2) is 4.99 Å². The number of nitrogens with one attached hydrogen (secondary N) is 1. The van der Waals surface area contributed by atoms with E-state index in [-0.39, 0.29) is 11.4 Å². The molecule has 15 heavy (non-hydrogen) atoms. The summed E-state index contributed by atoms with van der Waals surface area (Å²) in [5, 5.41) is 4.21. The zero-order chi connectivity index (χ0) is 11.5. The molecule has 5 heteroatoms. The van der Waals surface area contributed by atoms with Crippen LogP contribution in [0.1, 0.15) is 33.6 Å². The molecule has 0 aromatic carbocycles. The zero-order valence-electron chi connectivity index (χ0n) is 9.54. The summed E-state index contributed by atoms with van der Waals surface area (Å²) in [6.45, 7) is 6.05. The Morgan fingerprint density at radius 2 is 2.47 bits per heavy atom. The fourth-order valence-electron chi connectivity index (χ4n) is 1.30. The molecule has 2 atom stereocenters. The van der Waals surface area contributed by atoms with Crippen LogP contribution >= 0.6 is 11.8 Å². The molecule has 0 radical (unpaired) electrons. The number of nitrogens with two attached hydrogens (primary N) is 1. The van der Waals surface area contributed by atoms with Crippen LogP contribution in [-0.4, -0.2) is 28.4 Å². The molecule has 1 aliphatic rings. The highest BCUT2D eigenvalue weighted by molar-refractivity contribution is 8.13. The van der Waals surface area contributed by atoms with Gasteiger partial charge in [0.15, 0.2) is 5.17 Å². The maximum Gasteiger partial charge on any atom is 0.242 e. The number of amidine groups is 1. The lowest BCUT2D eigenvalue weighted by molar-refractivity contribution is -0.118. The number of hydrogen-bond acceptors (Lipinski definition) is 3. The second-order valence-electron chi connectivity index (χ2n) is 4.15. The normalized spacial score (nSPS) is 31.0. The van der Waals surface area contributed by atoms with Gasteiger partial charge in [-0.15, -0.1) is 0 Å². The molecule has 1 fully saturated rings. The minimum absolute atomic E-state index is 0.113. The van der Waals surface area contributed by atoms with Gasteiger partial charge in [0.2, 0.25) is 5.91 Å². The number of hydrogen-bond donors (Lipinski definition) is 2. The van der Waals surface area contributed by atoms with Crippen molar-refractivity contribution in [1.82, 2.24) is 5.32 Å². The van der Waals surface area contributed by atoms with Crippen LogP contribution in [0.2, 0.25) is 0 Å². The van der Waals surface area contributed by atoms with E-state index in [0.717, 1.165) is 23.8 Å². The van der Waals surface area contributed by atoms with Crippen molar-refractivity contribution in [3.63, 3.8) is 0 Å². The van der Waals surface area contributed by atoms with Crippen LogP contribution < -0.4 is 11.1 Å². The molecular formula is C10H19N3OS. The summed E-state index contributed by atoms with van der Waals surface area (Å²) in [4.78, 5) is 15.2. The van der Waals surface area contributed by atoms with Crippen LogP contribution in [0.4, 0.5) is 0 Å². The van der Waals surface area contributed by atoms with Gasteiger partial charge in [-0.2, -0.15) is 0 Å². The number of nitrogens with zero attached hydrogens (tertiary/aromatic N) is 1. The van der Waals surface area contributed by atoms with E-state index in [2.05, 4.69) is 24.2 Å². The highest BCUT2D eigenvalue weighted by atomic mass is 32.2. The number of rotatable bonds is 3. The summed E-state index contributed by atoms with van der Waals surface area (Å²) in [6, 6.07) is -0.445. The molecule has 1 heterocycles. The molecule has 4 nitrogen and oxygen atoms in total. The average molecular weight is 229 g/mol. The monoisotopic (exact) mass is 229 g/mol. The van der Waals surface area contributed by atoms with E-state index >= 15 is 0 Å². The van der Waals surface area contributed by atoms with Crippen LogP contribution in [0.5, 0.6) is 0 Å². The van der Waals surface area contributed by atoms with Crippen molar-refractivity contribution >= 4 is 22.8 Å². The van der Waals surface area contributed by atoms with E-state index in [0.29, 0.717) is 0 Å².